The summed E-state index contributed by atoms with van der Waals surface area (Å²) in [5, 5.41) is 7.74. The van der Waals surface area contributed by atoms with E-state index in [0.29, 0.717) is 41.0 Å². The minimum atomic E-state index is -0.234. The predicted molar refractivity (Wildman–Crippen MR) is 118 cm³/mol. The highest BCUT2D eigenvalue weighted by molar-refractivity contribution is 6.35. The van der Waals surface area contributed by atoms with Crippen molar-refractivity contribution in [2.24, 2.45) is 5.92 Å². The standard InChI is InChI=1S/C22H22Cl2N4O2/c1-14-4-2-3-5-19(14)28-20(25-26-22(28)30)12-15-8-10-27(11-9-15)21(29)17-13-16(23)6-7-18(17)24/h2-7,13,15H,8-12H2,1H3,(H,26,30). The van der Waals surface area contributed by atoms with Crippen LogP contribution in [0.5, 0.6) is 0 Å². The molecule has 3 aromatic rings. The maximum atomic E-state index is 12.8. The highest BCUT2D eigenvalue weighted by Crippen LogP contribution is 2.26. The van der Waals surface area contributed by atoms with Crippen LogP contribution < -0.4 is 5.69 Å². The van der Waals surface area contributed by atoms with E-state index >= 15 is 0 Å². The molecule has 4 rings (SSSR count). The van der Waals surface area contributed by atoms with Crippen LogP contribution in [0, 0.1) is 12.8 Å². The molecule has 0 radical (unpaired) electrons. The molecule has 2 aromatic carbocycles. The molecule has 1 aliphatic rings. The number of aryl methyl sites for hydroxylation is 1. The van der Waals surface area contributed by atoms with Crippen LogP contribution >= 0.6 is 23.2 Å². The van der Waals surface area contributed by atoms with Gasteiger partial charge in [0.1, 0.15) is 5.82 Å². The lowest BCUT2D eigenvalue weighted by Crippen LogP contribution is -2.39. The number of aromatic amines is 1. The quantitative estimate of drug-likeness (QED) is 0.652. The lowest BCUT2D eigenvalue weighted by Gasteiger charge is -2.32. The van der Waals surface area contributed by atoms with E-state index in [1.165, 1.54) is 0 Å². The molecule has 1 aliphatic heterocycles. The number of piperidine rings is 1. The summed E-state index contributed by atoms with van der Waals surface area (Å²) in [5.74, 6) is 0.955. The second-order valence-electron chi connectivity index (χ2n) is 7.63. The maximum absolute atomic E-state index is 12.8. The minimum Gasteiger partial charge on any atom is -0.339 e. The molecular formula is C22H22Cl2N4O2. The molecule has 156 valence electrons. The van der Waals surface area contributed by atoms with Crippen LogP contribution in [0.3, 0.4) is 0 Å². The molecule has 8 heteroatoms. The van der Waals surface area contributed by atoms with Crippen LogP contribution in [0.15, 0.2) is 47.3 Å². The predicted octanol–water partition coefficient (Wildman–Crippen LogP) is 4.27. The summed E-state index contributed by atoms with van der Waals surface area (Å²) in [6, 6.07) is 12.7. The van der Waals surface area contributed by atoms with Crippen molar-refractivity contribution in [2.45, 2.75) is 26.2 Å². The number of aromatic nitrogens is 3. The first-order valence-corrected chi connectivity index (χ1v) is 10.7. The third kappa shape index (κ3) is 4.16. The monoisotopic (exact) mass is 444 g/mol. The Kier molecular flexibility index (Phi) is 5.97. The minimum absolute atomic E-state index is 0.0995. The number of nitrogens with one attached hydrogen (secondary N) is 1. The summed E-state index contributed by atoms with van der Waals surface area (Å²) in [6.45, 7) is 3.24. The van der Waals surface area contributed by atoms with Crippen molar-refractivity contribution in [3.05, 3.63) is 79.9 Å². The Morgan fingerprint density at radius 3 is 2.63 bits per heavy atom. The number of carbonyl (C=O) groups excluding carboxylic acids is 1. The van der Waals surface area contributed by atoms with Gasteiger partial charge in [-0.25, -0.2) is 14.5 Å². The molecule has 0 bridgehead atoms. The van der Waals surface area contributed by atoms with Crippen molar-refractivity contribution < 1.29 is 4.79 Å². The SMILES string of the molecule is Cc1ccccc1-n1c(CC2CCN(C(=O)c3cc(Cl)ccc3Cl)CC2)n[nH]c1=O. The van der Waals surface area contributed by atoms with Crippen molar-refractivity contribution in [2.75, 3.05) is 13.1 Å². The molecule has 1 N–H and O–H groups in total. The van der Waals surface area contributed by atoms with Crippen LogP contribution in [0.1, 0.15) is 34.6 Å². The highest BCUT2D eigenvalue weighted by atomic mass is 35.5. The average molecular weight is 445 g/mol. The van der Waals surface area contributed by atoms with Gasteiger partial charge in [0, 0.05) is 24.5 Å². The number of para-hydroxylation sites is 1. The summed E-state index contributed by atoms with van der Waals surface area (Å²) in [4.78, 5) is 27.0. The normalized spacial score (nSPS) is 14.8. The largest absolute Gasteiger partial charge is 0.347 e. The first-order valence-electron chi connectivity index (χ1n) is 9.90. The Hall–Kier alpha value is -2.57. The van der Waals surface area contributed by atoms with E-state index in [9.17, 15) is 9.59 Å². The third-order valence-corrected chi connectivity index (χ3v) is 6.19. The third-order valence-electron chi connectivity index (χ3n) is 5.63. The zero-order valence-corrected chi connectivity index (χ0v) is 18.1. The zero-order valence-electron chi connectivity index (χ0n) is 16.6. The van der Waals surface area contributed by atoms with Crippen LogP contribution in [0.25, 0.3) is 5.69 Å². The van der Waals surface area contributed by atoms with Crippen LogP contribution in [0.4, 0.5) is 0 Å². The van der Waals surface area contributed by atoms with Crippen molar-refractivity contribution in [1.29, 1.82) is 0 Å². The average Bonchev–Trinajstić information content (AvgIpc) is 3.10. The van der Waals surface area contributed by atoms with Gasteiger partial charge >= 0.3 is 5.69 Å². The molecule has 1 aromatic heterocycles. The molecular weight excluding hydrogens is 423 g/mol. The summed E-state index contributed by atoms with van der Waals surface area (Å²) in [7, 11) is 0. The molecule has 1 saturated heterocycles. The number of rotatable bonds is 4. The van der Waals surface area contributed by atoms with Gasteiger partial charge in [-0.1, -0.05) is 41.4 Å². The second kappa shape index (κ2) is 8.66. The van der Waals surface area contributed by atoms with Gasteiger partial charge in [-0.2, -0.15) is 5.10 Å². The number of likely N-dealkylation sites (tertiary alicyclic amines) is 1. The fourth-order valence-electron chi connectivity index (χ4n) is 3.96. The van der Waals surface area contributed by atoms with Gasteiger partial charge in [0.25, 0.3) is 5.91 Å². The fraction of sp³-hybridized carbons (Fsp3) is 0.318. The number of hydrogen-bond donors (Lipinski definition) is 1. The second-order valence-corrected chi connectivity index (χ2v) is 8.47. The van der Waals surface area contributed by atoms with Gasteiger partial charge in [-0.05, 0) is 55.5 Å². The summed E-state index contributed by atoms with van der Waals surface area (Å²) in [6.07, 6.45) is 2.34. The number of benzene rings is 2. The molecule has 0 saturated carbocycles. The number of hydrogen-bond acceptors (Lipinski definition) is 3. The van der Waals surface area contributed by atoms with Gasteiger partial charge in [-0.15, -0.1) is 0 Å². The maximum Gasteiger partial charge on any atom is 0.347 e. The van der Waals surface area contributed by atoms with Crippen molar-refractivity contribution >= 4 is 29.1 Å². The highest BCUT2D eigenvalue weighted by Gasteiger charge is 2.26. The molecule has 1 fully saturated rings. The lowest BCUT2D eigenvalue weighted by atomic mass is 9.92. The van der Waals surface area contributed by atoms with Gasteiger partial charge in [0.15, 0.2) is 0 Å². The number of amides is 1. The van der Waals surface area contributed by atoms with Crippen LogP contribution in [0.2, 0.25) is 10.0 Å². The first-order chi connectivity index (χ1) is 14.4. The van der Waals surface area contributed by atoms with E-state index in [1.807, 2.05) is 36.1 Å². The molecule has 1 amide bonds. The number of H-pyrrole nitrogens is 1. The van der Waals surface area contributed by atoms with Gasteiger partial charge in [0.2, 0.25) is 0 Å². The Morgan fingerprint density at radius 1 is 1.17 bits per heavy atom. The van der Waals surface area contributed by atoms with Crippen molar-refractivity contribution in [1.82, 2.24) is 19.7 Å². The van der Waals surface area contributed by atoms with E-state index in [2.05, 4.69) is 10.2 Å². The molecule has 30 heavy (non-hydrogen) atoms. The number of nitrogens with zero attached hydrogens (tertiary/aromatic N) is 3. The first kappa shape index (κ1) is 20.7. The van der Waals surface area contributed by atoms with E-state index in [0.717, 1.165) is 29.9 Å². The summed E-state index contributed by atoms with van der Waals surface area (Å²) in [5.41, 5.74) is 2.06. The Balaban J connectivity index is 1.45. The Bertz CT molecular complexity index is 1130. The van der Waals surface area contributed by atoms with Gasteiger partial charge in [0.05, 0.1) is 16.3 Å². The molecule has 2 heterocycles. The zero-order chi connectivity index (χ0) is 21.3. The van der Waals surface area contributed by atoms with Gasteiger partial charge in [-0.3, -0.25) is 4.79 Å². The number of halogens is 2. The van der Waals surface area contributed by atoms with Crippen molar-refractivity contribution in [3.8, 4) is 5.69 Å². The Morgan fingerprint density at radius 2 is 1.90 bits per heavy atom. The van der Waals surface area contributed by atoms with E-state index < -0.39 is 0 Å². The molecule has 0 atom stereocenters. The molecule has 6 nitrogen and oxygen atoms in total. The van der Waals surface area contributed by atoms with Crippen LogP contribution in [-0.2, 0) is 6.42 Å². The summed E-state index contributed by atoms with van der Waals surface area (Å²) < 4.78 is 1.65. The topological polar surface area (TPSA) is 71.0 Å². The number of carbonyl (C=O) groups is 1. The van der Waals surface area contributed by atoms with Crippen molar-refractivity contribution in [3.63, 3.8) is 0 Å². The smallest absolute Gasteiger partial charge is 0.339 e. The summed E-state index contributed by atoms with van der Waals surface area (Å²) >= 11 is 12.2. The molecule has 0 aliphatic carbocycles. The Labute approximate surface area is 184 Å². The van der Waals surface area contributed by atoms with Crippen LogP contribution in [-0.4, -0.2) is 38.7 Å². The molecule has 0 unspecified atom stereocenters. The molecule has 0 spiro atoms. The van der Waals surface area contributed by atoms with E-state index in [-0.39, 0.29) is 11.6 Å². The van der Waals surface area contributed by atoms with E-state index in [4.69, 9.17) is 23.2 Å². The van der Waals surface area contributed by atoms with Gasteiger partial charge < -0.3 is 4.90 Å². The fourth-order valence-corrected chi connectivity index (χ4v) is 4.33. The van der Waals surface area contributed by atoms with E-state index in [1.54, 1.807) is 22.8 Å². The lowest BCUT2D eigenvalue weighted by molar-refractivity contribution is 0.0690.